The van der Waals surface area contributed by atoms with Crippen LogP contribution in [0.3, 0.4) is 0 Å². The summed E-state index contributed by atoms with van der Waals surface area (Å²) in [5.74, 6) is 1.11. The normalized spacial score (nSPS) is 10.3. The van der Waals surface area contributed by atoms with Crippen LogP contribution in [0.2, 0.25) is 0 Å². The van der Waals surface area contributed by atoms with E-state index < -0.39 is 0 Å². The third kappa shape index (κ3) is 5.28. The number of nitrogens with zero attached hydrogens (tertiary/aromatic N) is 2. The minimum atomic E-state index is -0.274. The molecule has 1 aromatic heterocycles. The van der Waals surface area contributed by atoms with Crippen LogP contribution in [-0.2, 0) is 13.0 Å². The smallest absolute Gasteiger partial charge is 0.271 e. The molecule has 0 saturated heterocycles. The van der Waals surface area contributed by atoms with Crippen LogP contribution in [0, 0.1) is 0 Å². The highest BCUT2D eigenvalue weighted by Crippen LogP contribution is 2.16. The van der Waals surface area contributed by atoms with Gasteiger partial charge in [0, 0.05) is 18.7 Å². The van der Waals surface area contributed by atoms with E-state index in [0.29, 0.717) is 12.4 Å². The maximum atomic E-state index is 12.3. The highest BCUT2D eigenvalue weighted by molar-refractivity contribution is 5.92. The van der Waals surface area contributed by atoms with Crippen molar-refractivity contribution in [2.24, 2.45) is 0 Å². The van der Waals surface area contributed by atoms with Gasteiger partial charge in [0.25, 0.3) is 5.91 Å². The number of ether oxygens (including phenoxy) is 1. The lowest BCUT2D eigenvalue weighted by molar-refractivity contribution is 0.0945. The first-order chi connectivity index (χ1) is 13.3. The Bertz CT molecular complexity index is 867. The van der Waals surface area contributed by atoms with Crippen molar-refractivity contribution < 1.29 is 9.53 Å². The molecule has 0 aliphatic heterocycles. The highest BCUT2D eigenvalue weighted by atomic mass is 16.5. The monoisotopic (exact) mass is 362 g/mol. The lowest BCUT2D eigenvalue weighted by atomic mass is 10.1. The van der Waals surface area contributed by atoms with Gasteiger partial charge < -0.3 is 15.4 Å². The van der Waals surface area contributed by atoms with Gasteiger partial charge in [-0.25, -0.2) is 9.97 Å². The molecule has 0 radical (unpaired) electrons. The topological polar surface area (TPSA) is 76.1 Å². The molecule has 0 fully saturated rings. The number of carbonyl (C=O) groups excluding carboxylic acids is 1. The molecule has 0 bridgehead atoms. The number of benzene rings is 2. The third-order valence-electron chi connectivity index (χ3n) is 4.08. The van der Waals surface area contributed by atoms with E-state index in [-0.39, 0.29) is 11.6 Å². The second kappa shape index (κ2) is 9.33. The van der Waals surface area contributed by atoms with Gasteiger partial charge in [-0.15, -0.1) is 0 Å². The second-order valence-corrected chi connectivity index (χ2v) is 5.94. The predicted molar refractivity (Wildman–Crippen MR) is 105 cm³/mol. The molecule has 6 heteroatoms. The quantitative estimate of drug-likeness (QED) is 0.644. The van der Waals surface area contributed by atoms with Gasteiger partial charge in [-0.2, -0.15) is 0 Å². The van der Waals surface area contributed by atoms with Crippen molar-refractivity contribution >= 4 is 11.7 Å². The van der Waals surface area contributed by atoms with Crippen LogP contribution in [0.1, 0.15) is 21.6 Å². The fourth-order valence-corrected chi connectivity index (χ4v) is 2.63. The summed E-state index contributed by atoms with van der Waals surface area (Å²) in [4.78, 5) is 20.7. The van der Waals surface area contributed by atoms with Gasteiger partial charge in [-0.05, 0) is 18.1 Å². The minimum absolute atomic E-state index is 0.274. The molecule has 0 aliphatic carbocycles. The van der Waals surface area contributed by atoms with Gasteiger partial charge in [0.2, 0.25) is 0 Å². The summed E-state index contributed by atoms with van der Waals surface area (Å²) < 4.78 is 5.28. The predicted octanol–water partition coefficient (Wildman–Crippen LogP) is 3.07. The number of carbonyl (C=O) groups is 1. The molecule has 0 unspecified atom stereocenters. The van der Waals surface area contributed by atoms with Gasteiger partial charge in [0.1, 0.15) is 17.3 Å². The molecule has 2 N–H and O–H groups in total. The van der Waals surface area contributed by atoms with Gasteiger partial charge in [0.05, 0.1) is 19.5 Å². The summed E-state index contributed by atoms with van der Waals surface area (Å²) in [7, 11) is 1.61. The Labute approximate surface area is 158 Å². The molecule has 1 heterocycles. The number of methoxy groups -OCH3 is 1. The number of amides is 1. The van der Waals surface area contributed by atoms with E-state index in [1.54, 1.807) is 13.3 Å². The van der Waals surface area contributed by atoms with Crippen molar-refractivity contribution in [2.45, 2.75) is 13.0 Å². The standard InChI is InChI=1S/C21H22N4O2/c1-27-19-10-6-5-9-17(19)13-25-21(26)18-14-24-20(15-23-18)22-12-11-16-7-3-2-4-8-16/h2-10,14-15H,11-13H2,1H3,(H,22,24)(H,25,26). The SMILES string of the molecule is COc1ccccc1CNC(=O)c1cnc(NCCc2ccccc2)cn1. The van der Waals surface area contributed by atoms with E-state index in [1.165, 1.54) is 11.8 Å². The Balaban J connectivity index is 1.49. The highest BCUT2D eigenvalue weighted by Gasteiger charge is 2.09. The lowest BCUT2D eigenvalue weighted by Crippen LogP contribution is -2.24. The minimum Gasteiger partial charge on any atom is -0.496 e. The van der Waals surface area contributed by atoms with Crippen LogP contribution in [0.15, 0.2) is 67.0 Å². The largest absolute Gasteiger partial charge is 0.496 e. The van der Waals surface area contributed by atoms with Crippen LogP contribution in [0.5, 0.6) is 5.75 Å². The first-order valence-corrected chi connectivity index (χ1v) is 8.76. The number of aromatic nitrogens is 2. The first-order valence-electron chi connectivity index (χ1n) is 8.76. The molecule has 2 aromatic carbocycles. The van der Waals surface area contributed by atoms with Crippen molar-refractivity contribution in [3.63, 3.8) is 0 Å². The van der Waals surface area contributed by atoms with Crippen molar-refractivity contribution in [2.75, 3.05) is 19.0 Å². The zero-order chi connectivity index (χ0) is 18.9. The van der Waals surface area contributed by atoms with Crippen LogP contribution in [0.25, 0.3) is 0 Å². The Hall–Kier alpha value is -3.41. The van der Waals surface area contributed by atoms with Gasteiger partial charge in [-0.3, -0.25) is 4.79 Å². The average molecular weight is 362 g/mol. The Kier molecular flexibility index (Phi) is 6.35. The molecule has 3 aromatic rings. The number of hydrogen-bond donors (Lipinski definition) is 2. The molecule has 27 heavy (non-hydrogen) atoms. The van der Waals surface area contributed by atoms with Crippen LogP contribution >= 0.6 is 0 Å². The molecule has 3 rings (SSSR count). The van der Waals surface area contributed by atoms with Crippen molar-refractivity contribution in [3.8, 4) is 5.75 Å². The fourth-order valence-electron chi connectivity index (χ4n) is 2.63. The molecule has 0 saturated carbocycles. The van der Waals surface area contributed by atoms with Gasteiger partial charge in [0.15, 0.2) is 0 Å². The molecule has 1 amide bonds. The summed E-state index contributed by atoms with van der Waals surface area (Å²) in [6, 6.07) is 17.8. The number of nitrogens with one attached hydrogen (secondary N) is 2. The second-order valence-electron chi connectivity index (χ2n) is 5.94. The molecular weight excluding hydrogens is 340 g/mol. The summed E-state index contributed by atoms with van der Waals surface area (Å²) in [6.45, 7) is 1.11. The summed E-state index contributed by atoms with van der Waals surface area (Å²) in [6.07, 6.45) is 3.94. The molecule has 0 atom stereocenters. The van der Waals surface area contributed by atoms with E-state index in [9.17, 15) is 4.79 Å². The van der Waals surface area contributed by atoms with Crippen molar-refractivity contribution in [1.82, 2.24) is 15.3 Å². The first kappa shape index (κ1) is 18.4. The van der Waals surface area contributed by atoms with Gasteiger partial charge in [-0.1, -0.05) is 48.5 Å². The van der Waals surface area contributed by atoms with Crippen molar-refractivity contribution in [1.29, 1.82) is 0 Å². The maximum absolute atomic E-state index is 12.3. The van der Waals surface area contributed by atoms with E-state index >= 15 is 0 Å². The number of rotatable bonds is 8. The van der Waals surface area contributed by atoms with E-state index in [2.05, 4.69) is 32.7 Å². The van der Waals surface area contributed by atoms with E-state index in [0.717, 1.165) is 24.3 Å². The molecule has 0 aliphatic rings. The summed E-state index contributed by atoms with van der Waals surface area (Å²) in [5.41, 5.74) is 2.43. The number of hydrogen-bond acceptors (Lipinski definition) is 5. The van der Waals surface area contributed by atoms with Crippen molar-refractivity contribution in [3.05, 3.63) is 83.8 Å². The zero-order valence-corrected chi connectivity index (χ0v) is 15.2. The number of para-hydroxylation sites is 1. The molecule has 0 spiro atoms. The van der Waals surface area contributed by atoms with Crippen LogP contribution in [0.4, 0.5) is 5.82 Å². The third-order valence-corrected chi connectivity index (χ3v) is 4.08. The summed E-state index contributed by atoms with van der Waals surface area (Å²) in [5, 5.41) is 6.04. The Morgan fingerprint density at radius 2 is 1.78 bits per heavy atom. The van der Waals surface area contributed by atoms with Gasteiger partial charge >= 0.3 is 0 Å². The maximum Gasteiger partial charge on any atom is 0.271 e. The van der Waals surface area contributed by atoms with Crippen LogP contribution in [-0.4, -0.2) is 29.5 Å². The Morgan fingerprint density at radius 1 is 1.00 bits per heavy atom. The lowest BCUT2D eigenvalue weighted by Gasteiger charge is -2.09. The number of anilines is 1. The molecular formula is C21H22N4O2. The molecule has 6 nitrogen and oxygen atoms in total. The van der Waals surface area contributed by atoms with E-state index in [4.69, 9.17) is 4.74 Å². The average Bonchev–Trinajstić information content (AvgIpc) is 2.73. The fraction of sp³-hybridized carbons (Fsp3) is 0.190. The Morgan fingerprint density at radius 3 is 2.52 bits per heavy atom. The zero-order valence-electron chi connectivity index (χ0n) is 15.2. The van der Waals surface area contributed by atoms with Crippen LogP contribution < -0.4 is 15.4 Å². The summed E-state index contributed by atoms with van der Waals surface area (Å²) >= 11 is 0. The van der Waals surface area contributed by atoms with E-state index in [1.807, 2.05) is 42.5 Å². The molecule has 138 valence electrons.